The fraction of sp³-hybridized carbons (Fsp3) is 0.304. The number of hydrogen-bond acceptors (Lipinski definition) is 7. The van der Waals surface area contributed by atoms with Gasteiger partial charge in [0.25, 0.3) is 5.56 Å². The highest BCUT2D eigenvalue weighted by atomic mass is 16.7. The second kappa shape index (κ2) is 9.09. The zero-order valence-electron chi connectivity index (χ0n) is 18.0. The number of aromatic amines is 2. The molecule has 9 heteroatoms. The summed E-state index contributed by atoms with van der Waals surface area (Å²) in [6.45, 7) is 0.0737. The van der Waals surface area contributed by atoms with Gasteiger partial charge < -0.3 is 28.8 Å². The number of methoxy groups -OCH3 is 3. The maximum atomic E-state index is 12.9. The molecule has 3 aromatic rings. The van der Waals surface area contributed by atoms with Gasteiger partial charge in [0.15, 0.2) is 11.5 Å². The van der Waals surface area contributed by atoms with Crippen molar-refractivity contribution in [3.63, 3.8) is 0 Å². The number of nitrogens with one attached hydrogen (secondary N) is 2. The van der Waals surface area contributed by atoms with Gasteiger partial charge in [-0.25, -0.2) is 0 Å². The summed E-state index contributed by atoms with van der Waals surface area (Å²) >= 11 is 0. The van der Waals surface area contributed by atoms with Crippen LogP contribution in [0.1, 0.15) is 34.7 Å². The van der Waals surface area contributed by atoms with Crippen molar-refractivity contribution in [2.75, 3.05) is 28.1 Å². The first-order chi connectivity index (χ1) is 15.5. The summed E-state index contributed by atoms with van der Waals surface area (Å²) < 4.78 is 26.6. The molecule has 0 aliphatic carbocycles. The van der Waals surface area contributed by atoms with Crippen molar-refractivity contribution in [1.29, 1.82) is 0 Å². The molecule has 2 N–H and O–H groups in total. The number of carbonyl (C=O) groups excluding carboxylic acids is 1. The standard InChI is InChI=1S/C23H24N2O7/c1-28-15-6-4-13(5-7-15)8-17-21(23(27)25-24-17)16(11-20(26)30-3)14-9-18(29-2)22-19(10-14)31-12-32-22/h4-7,9-10,16H,8,11-12H2,1-3H3,(H2,24,25,27). The molecular formula is C23H24N2O7. The molecule has 4 rings (SSSR count). The Hall–Kier alpha value is -3.88. The van der Waals surface area contributed by atoms with Crippen LogP contribution < -0.4 is 24.5 Å². The van der Waals surface area contributed by atoms with Gasteiger partial charge in [-0.15, -0.1) is 0 Å². The Kier molecular flexibility index (Phi) is 6.07. The number of esters is 1. The van der Waals surface area contributed by atoms with Crippen molar-refractivity contribution < 1.29 is 28.5 Å². The second-order valence-corrected chi connectivity index (χ2v) is 7.29. The maximum Gasteiger partial charge on any atom is 0.306 e. The third-order valence-corrected chi connectivity index (χ3v) is 5.47. The van der Waals surface area contributed by atoms with E-state index in [0.717, 1.165) is 11.3 Å². The Bertz CT molecular complexity index is 1160. The molecule has 168 valence electrons. The lowest BCUT2D eigenvalue weighted by molar-refractivity contribution is -0.140. The highest BCUT2D eigenvalue weighted by molar-refractivity contribution is 5.72. The Balaban J connectivity index is 1.77. The molecule has 0 saturated heterocycles. The predicted molar refractivity (Wildman–Crippen MR) is 115 cm³/mol. The van der Waals surface area contributed by atoms with Gasteiger partial charge in [-0.2, -0.15) is 0 Å². The van der Waals surface area contributed by atoms with E-state index < -0.39 is 11.9 Å². The summed E-state index contributed by atoms with van der Waals surface area (Å²) in [5.74, 6) is 1.17. The van der Waals surface area contributed by atoms with Crippen LogP contribution in [0, 0.1) is 0 Å². The Morgan fingerprint density at radius 2 is 1.84 bits per heavy atom. The first-order valence-electron chi connectivity index (χ1n) is 10.0. The molecule has 1 atom stereocenters. The molecule has 0 spiro atoms. The van der Waals surface area contributed by atoms with Crippen LogP contribution in [0.15, 0.2) is 41.2 Å². The van der Waals surface area contributed by atoms with Crippen LogP contribution in [0.25, 0.3) is 0 Å². The van der Waals surface area contributed by atoms with Crippen molar-refractivity contribution >= 4 is 5.97 Å². The van der Waals surface area contributed by atoms with Gasteiger partial charge in [-0.1, -0.05) is 12.1 Å². The zero-order chi connectivity index (χ0) is 22.7. The number of rotatable bonds is 8. The summed E-state index contributed by atoms with van der Waals surface area (Å²) in [6, 6.07) is 11.1. The molecule has 0 saturated carbocycles. The number of carbonyl (C=O) groups is 1. The molecule has 2 heterocycles. The van der Waals surface area contributed by atoms with E-state index in [4.69, 9.17) is 23.7 Å². The number of H-pyrrole nitrogens is 2. The largest absolute Gasteiger partial charge is 0.497 e. The van der Waals surface area contributed by atoms with E-state index in [9.17, 15) is 9.59 Å². The number of hydrogen-bond donors (Lipinski definition) is 2. The molecule has 1 unspecified atom stereocenters. The van der Waals surface area contributed by atoms with Gasteiger partial charge in [-0.3, -0.25) is 14.7 Å². The van der Waals surface area contributed by atoms with Crippen molar-refractivity contribution in [2.45, 2.75) is 18.8 Å². The smallest absolute Gasteiger partial charge is 0.306 e. The minimum Gasteiger partial charge on any atom is -0.497 e. The van der Waals surface area contributed by atoms with Crippen LogP contribution >= 0.6 is 0 Å². The zero-order valence-corrected chi connectivity index (χ0v) is 18.0. The maximum absolute atomic E-state index is 12.9. The average Bonchev–Trinajstić information content (AvgIpc) is 3.43. The molecule has 1 aliphatic heterocycles. The Labute approximate surface area is 184 Å². The van der Waals surface area contributed by atoms with E-state index in [1.165, 1.54) is 14.2 Å². The molecule has 1 aliphatic rings. The summed E-state index contributed by atoms with van der Waals surface area (Å²) in [5, 5.41) is 5.62. The highest BCUT2D eigenvalue weighted by Crippen LogP contribution is 2.44. The quantitative estimate of drug-likeness (QED) is 0.518. The number of fused-ring (bicyclic) bond motifs is 1. The van der Waals surface area contributed by atoms with E-state index in [1.807, 2.05) is 24.3 Å². The van der Waals surface area contributed by atoms with Gasteiger partial charge in [0.2, 0.25) is 12.5 Å². The minimum absolute atomic E-state index is 0.0319. The fourth-order valence-electron chi connectivity index (χ4n) is 3.85. The first-order valence-corrected chi connectivity index (χ1v) is 10.0. The monoisotopic (exact) mass is 440 g/mol. The Morgan fingerprint density at radius 1 is 1.06 bits per heavy atom. The second-order valence-electron chi connectivity index (χ2n) is 7.29. The fourth-order valence-corrected chi connectivity index (χ4v) is 3.85. The van der Waals surface area contributed by atoms with Gasteiger partial charge >= 0.3 is 5.97 Å². The normalized spacial score (nSPS) is 13.0. The molecule has 0 bridgehead atoms. The van der Waals surface area contributed by atoms with Crippen LogP contribution in [0.4, 0.5) is 0 Å². The van der Waals surface area contributed by atoms with Crippen molar-refractivity contribution in [3.8, 4) is 23.0 Å². The van der Waals surface area contributed by atoms with E-state index >= 15 is 0 Å². The van der Waals surface area contributed by atoms with E-state index in [1.54, 1.807) is 19.2 Å². The topological polar surface area (TPSA) is 112 Å². The molecule has 32 heavy (non-hydrogen) atoms. The van der Waals surface area contributed by atoms with Crippen LogP contribution in [0.2, 0.25) is 0 Å². The van der Waals surface area contributed by atoms with Crippen molar-refractivity contribution in [1.82, 2.24) is 10.2 Å². The summed E-state index contributed by atoms with van der Waals surface area (Å²) in [5.41, 5.74) is 2.47. The van der Waals surface area contributed by atoms with Gasteiger partial charge in [-0.05, 0) is 35.4 Å². The molecule has 0 radical (unpaired) electrons. The van der Waals surface area contributed by atoms with Crippen molar-refractivity contribution in [3.05, 3.63) is 69.1 Å². The first kappa shape index (κ1) is 21.4. The summed E-state index contributed by atoms with van der Waals surface area (Å²) in [4.78, 5) is 25.1. The van der Waals surface area contributed by atoms with E-state index in [2.05, 4.69) is 10.2 Å². The Morgan fingerprint density at radius 3 is 2.53 bits per heavy atom. The molecule has 1 aromatic heterocycles. The lowest BCUT2D eigenvalue weighted by Gasteiger charge is -2.18. The molecule has 9 nitrogen and oxygen atoms in total. The van der Waals surface area contributed by atoms with Crippen LogP contribution in [0.5, 0.6) is 23.0 Å². The summed E-state index contributed by atoms with van der Waals surface area (Å²) in [7, 11) is 4.45. The van der Waals surface area contributed by atoms with Crippen LogP contribution in [-0.4, -0.2) is 44.3 Å². The molecule has 0 amide bonds. The number of ether oxygens (including phenoxy) is 5. The predicted octanol–water partition coefficient (Wildman–Crippen LogP) is 2.73. The third-order valence-electron chi connectivity index (χ3n) is 5.47. The number of benzene rings is 2. The SMILES string of the molecule is COC(=O)CC(c1cc(OC)c2c(c1)OCO2)c1c(Cc2ccc(OC)cc2)[nH][nH]c1=O. The van der Waals surface area contributed by atoms with Gasteiger partial charge in [0, 0.05) is 23.6 Å². The van der Waals surface area contributed by atoms with E-state index in [0.29, 0.717) is 40.5 Å². The minimum atomic E-state index is -0.589. The third kappa shape index (κ3) is 4.14. The molecule has 2 aromatic carbocycles. The lowest BCUT2D eigenvalue weighted by atomic mass is 9.87. The average molecular weight is 440 g/mol. The van der Waals surface area contributed by atoms with E-state index in [-0.39, 0.29) is 18.8 Å². The number of aromatic nitrogens is 2. The highest BCUT2D eigenvalue weighted by Gasteiger charge is 2.29. The molecule has 0 fully saturated rings. The van der Waals surface area contributed by atoms with Gasteiger partial charge in [0.1, 0.15) is 5.75 Å². The van der Waals surface area contributed by atoms with Crippen LogP contribution in [-0.2, 0) is 16.0 Å². The van der Waals surface area contributed by atoms with Gasteiger partial charge in [0.05, 0.1) is 27.8 Å². The van der Waals surface area contributed by atoms with Crippen LogP contribution in [0.3, 0.4) is 0 Å². The van der Waals surface area contributed by atoms with Crippen molar-refractivity contribution in [2.24, 2.45) is 0 Å². The lowest BCUT2D eigenvalue weighted by Crippen LogP contribution is -2.18. The summed E-state index contributed by atoms with van der Waals surface area (Å²) in [6.07, 6.45) is 0.424. The molecular weight excluding hydrogens is 416 g/mol.